The van der Waals surface area contributed by atoms with E-state index >= 15 is 0 Å². The van der Waals surface area contributed by atoms with Crippen LogP contribution in [0.25, 0.3) is 0 Å². The van der Waals surface area contributed by atoms with E-state index in [4.69, 9.17) is 5.11 Å². The molecule has 0 radical (unpaired) electrons. The number of rotatable bonds is 6. The minimum absolute atomic E-state index is 0.0423. The molecule has 1 unspecified atom stereocenters. The number of urea groups is 1. The Labute approximate surface area is 153 Å². The van der Waals surface area contributed by atoms with E-state index in [0.29, 0.717) is 25.9 Å². The van der Waals surface area contributed by atoms with Crippen LogP contribution in [0.1, 0.15) is 29.5 Å². The number of benzene rings is 2. The number of amides is 2. The largest absolute Gasteiger partial charge is 0.481 e. The zero-order valence-corrected chi connectivity index (χ0v) is 14.7. The monoisotopic (exact) mass is 352 g/mol. The van der Waals surface area contributed by atoms with Crippen LogP contribution in [-0.4, -0.2) is 34.6 Å². The summed E-state index contributed by atoms with van der Waals surface area (Å²) < 4.78 is 0. The number of carboxylic acids is 1. The summed E-state index contributed by atoms with van der Waals surface area (Å²) in [6.07, 6.45) is 1.94. The summed E-state index contributed by atoms with van der Waals surface area (Å²) in [5.41, 5.74) is 3.56. The average Bonchev–Trinajstić information content (AvgIpc) is 2.66. The van der Waals surface area contributed by atoms with E-state index in [2.05, 4.69) is 17.4 Å². The number of carbonyl (C=O) groups is 2. The zero-order chi connectivity index (χ0) is 18.4. The molecule has 136 valence electrons. The number of aliphatic carboxylic acids is 1. The Morgan fingerprint density at radius 2 is 1.73 bits per heavy atom. The molecule has 2 amide bonds. The predicted octanol–water partition coefficient (Wildman–Crippen LogP) is 3.23. The second kappa shape index (κ2) is 8.52. The van der Waals surface area contributed by atoms with Gasteiger partial charge in [0.15, 0.2) is 0 Å². The van der Waals surface area contributed by atoms with Crippen molar-refractivity contribution in [2.45, 2.75) is 38.3 Å². The second-order valence-electron chi connectivity index (χ2n) is 6.71. The molecule has 0 aliphatic carbocycles. The van der Waals surface area contributed by atoms with Gasteiger partial charge in [0.05, 0.1) is 0 Å². The second-order valence-corrected chi connectivity index (χ2v) is 6.71. The first-order valence-corrected chi connectivity index (χ1v) is 9.00. The third-order valence-electron chi connectivity index (χ3n) is 4.78. The molecule has 1 aliphatic heterocycles. The molecule has 5 heteroatoms. The van der Waals surface area contributed by atoms with Crippen LogP contribution in [0.15, 0.2) is 54.6 Å². The Kier molecular flexibility index (Phi) is 5.89. The fourth-order valence-corrected chi connectivity index (χ4v) is 3.36. The third kappa shape index (κ3) is 4.85. The van der Waals surface area contributed by atoms with E-state index in [1.54, 1.807) is 4.90 Å². The van der Waals surface area contributed by atoms with Crippen LogP contribution in [0.4, 0.5) is 4.79 Å². The van der Waals surface area contributed by atoms with Crippen molar-refractivity contribution in [2.75, 3.05) is 6.54 Å². The van der Waals surface area contributed by atoms with Crippen LogP contribution >= 0.6 is 0 Å². The van der Waals surface area contributed by atoms with Gasteiger partial charge in [-0.15, -0.1) is 0 Å². The molecule has 0 bridgehead atoms. The maximum atomic E-state index is 12.7. The predicted molar refractivity (Wildman–Crippen MR) is 99.9 cm³/mol. The highest BCUT2D eigenvalue weighted by atomic mass is 16.4. The molecule has 26 heavy (non-hydrogen) atoms. The van der Waals surface area contributed by atoms with Crippen molar-refractivity contribution in [2.24, 2.45) is 0 Å². The molecule has 0 saturated heterocycles. The van der Waals surface area contributed by atoms with E-state index < -0.39 is 5.97 Å². The third-order valence-corrected chi connectivity index (χ3v) is 4.78. The van der Waals surface area contributed by atoms with E-state index in [-0.39, 0.29) is 18.5 Å². The van der Waals surface area contributed by atoms with Gasteiger partial charge in [-0.05, 0) is 36.0 Å². The smallest absolute Gasteiger partial charge is 0.317 e. The minimum atomic E-state index is -0.843. The molecule has 1 aliphatic rings. The normalized spacial score (nSPS) is 14.4. The lowest BCUT2D eigenvalue weighted by atomic mass is 10.00. The first-order valence-electron chi connectivity index (χ1n) is 9.00. The van der Waals surface area contributed by atoms with Crippen LogP contribution in [0.3, 0.4) is 0 Å². The molecular weight excluding hydrogens is 328 g/mol. The van der Waals surface area contributed by atoms with E-state index in [0.717, 1.165) is 12.0 Å². The van der Waals surface area contributed by atoms with Gasteiger partial charge in [0, 0.05) is 25.6 Å². The first kappa shape index (κ1) is 18.0. The summed E-state index contributed by atoms with van der Waals surface area (Å²) in [5, 5.41) is 12.0. The topological polar surface area (TPSA) is 69.6 Å². The molecule has 3 rings (SSSR count). The van der Waals surface area contributed by atoms with Gasteiger partial charge in [0.1, 0.15) is 0 Å². The Morgan fingerprint density at radius 1 is 1.04 bits per heavy atom. The molecule has 2 N–H and O–H groups in total. The molecule has 0 saturated carbocycles. The first-order chi connectivity index (χ1) is 12.6. The van der Waals surface area contributed by atoms with Crippen LogP contribution in [-0.2, 0) is 24.2 Å². The summed E-state index contributed by atoms with van der Waals surface area (Å²) in [6.45, 7) is 1.28. The van der Waals surface area contributed by atoms with E-state index in [1.165, 1.54) is 11.1 Å². The minimum Gasteiger partial charge on any atom is -0.481 e. The fraction of sp³-hybridized carbons (Fsp3) is 0.333. The number of hydrogen-bond donors (Lipinski definition) is 2. The molecule has 0 aromatic heterocycles. The number of fused-ring (bicyclic) bond motifs is 1. The Hall–Kier alpha value is -2.82. The highest BCUT2D eigenvalue weighted by molar-refractivity contribution is 5.75. The summed E-state index contributed by atoms with van der Waals surface area (Å²) in [4.78, 5) is 25.5. The van der Waals surface area contributed by atoms with Gasteiger partial charge in [-0.3, -0.25) is 4.79 Å². The summed E-state index contributed by atoms with van der Waals surface area (Å²) in [5.74, 6) is -0.843. The average molecular weight is 352 g/mol. The fourth-order valence-electron chi connectivity index (χ4n) is 3.36. The SMILES string of the molecule is O=C(O)CCC(Cc1ccccc1)NC(=O)N1CCc2ccccc2C1. The highest BCUT2D eigenvalue weighted by Gasteiger charge is 2.23. The van der Waals surface area contributed by atoms with Gasteiger partial charge in [-0.2, -0.15) is 0 Å². The standard InChI is InChI=1S/C21H24N2O3/c24-20(25)11-10-19(14-16-6-2-1-3-7-16)22-21(26)23-13-12-17-8-4-5-9-18(17)15-23/h1-9,19H,10-15H2,(H,22,26)(H,24,25). The van der Waals surface area contributed by atoms with Crippen LogP contribution in [0.5, 0.6) is 0 Å². The lowest BCUT2D eigenvalue weighted by Gasteiger charge is -2.31. The van der Waals surface area contributed by atoms with Crippen LogP contribution in [0.2, 0.25) is 0 Å². The summed E-state index contributed by atoms with van der Waals surface area (Å²) in [6, 6.07) is 17.7. The lowest BCUT2D eigenvalue weighted by Crippen LogP contribution is -2.47. The number of carbonyl (C=O) groups excluding carboxylic acids is 1. The van der Waals surface area contributed by atoms with Gasteiger partial charge < -0.3 is 15.3 Å². The Bertz CT molecular complexity index is 761. The lowest BCUT2D eigenvalue weighted by molar-refractivity contribution is -0.137. The quantitative estimate of drug-likeness (QED) is 0.838. The van der Waals surface area contributed by atoms with Crippen molar-refractivity contribution >= 4 is 12.0 Å². The van der Waals surface area contributed by atoms with Gasteiger partial charge in [0.25, 0.3) is 0 Å². The molecule has 1 heterocycles. The van der Waals surface area contributed by atoms with E-state index in [1.807, 2.05) is 42.5 Å². The van der Waals surface area contributed by atoms with Crippen molar-refractivity contribution in [3.05, 3.63) is 71.3 Å². The molecule has 2 aromatic rings. The summed E-state index contributed by atoms with van der Waals surface area (Å²) >= 11 is 0. The van der Waals surface area contributed by atoms with Crippen molar-refractivity contribution in [1.82, 2.24) is 10.2 Å². The number of carboxylic acid groups (broad SMARTS) is 1. The number of nitrogens with zero attached hydrogens (tertiary/aromatic N) is 1. The Balaban J connectivity index is 1.63. The molecule has 1 atom stereocenters. The van der Waals surface area contributed by atoms with Gasteiger partial charge in [-0.1, -0.05) is 54.6 Å². The van der Waals surface area contributed by atoms with Crippen molar-refractivity contribution in [3.8, 4) is 0 Å². The maximum Gasteiger partial charge on any atom is 0.317 e. The molecular formula is C21H24N2O3. The molecule has 0 spiro atoms. The zero-order valence-electron chi connectivity index (χ0n) is 14.7. The van der Waals surface area contributed by atoms with Crippen LogP contribution < -0.4 is 5.32 Å². The van der Waals surface area contributed by atoms with Gasteiger partial charge in [0.2, 0.25) is 0 Å². The molecule has 0 fully saturated rings. The van der Waals surface area contributed by atoms with Crippen molar-refractivity contribution < 1.29 is 14.7 Å². The van der Waals surface area contributed by atoms with Gasteiger partial charge >= 0.3 is 12.0 Å². The van der Waals surface area contributed by atoms with Gasteiger partial charge in [-0.25, -0.2) is 4.79 Å². The Morgan fingerprint density at radius 3 is 2.46 bits per heavy atom. The maximum absolute atomic E-state index is 12.7. The van der Waals surface area contributed by atoms with Crippen molar-refractivity contribution in [3.63, 3.8) is 0 Å². The van der Waals surface area contributed by atoms with E-state index in [9.17, 15) is 9.59 Å². The highest BCUT2D eigenvalue weighted by Crippen LogP contribution is 2.19. The number of nitrogens with one attached hydrogen (secondary N) is 1. The van der Waals surface area contributed by atoms with Crippen molar-refractivity contribution in [1.29, 1.82) is 0 Å². The van der Waals surface area contributed by atoms with Crippen LogP contribution in [0, 0.1) is 0 Å². The molecule has 5 nitrogen and oxygen atoms in total. The summed E-state index contributed by atoms with van der Waals surface area (Å²) in [7, 11) is 0. The number of hydrogen-bond acceptors (Lipinski definition) is 2. The molecule has 2 aromatic carbocycles.